The van der Waals surface area contributed by atoms with E-state index in [9.17, 15) is 0 Å². The summed E-state index contributed by atoms with van der Waals surface area (Å²) in [6, 6.07) is 6.82. The number of hydrogen-bond acceptors (Lipinski definition) is 1. The highest BCUT2D eigenvalue weighted by Crippen LogP contribution is 2.31. The monoisotopic (exact) mass is 270 g/mol. The van der Waals surface area contributed by atoms with Crippen molar-refractivity contribution in [1.82, 2.24) is 9.88 Å². The smallest absolute Gasteiger partial charge is 0.0515 e. The quantitative estimate of drug-likeness (QED) is 0.902. The van der Waals surface area contributed by atoms with Crippen LogP contribution in [0.1, 0.15) is 36.6 Å². The van der Waals surface area contributed by atoms with E-state index < -0.39 is 0 Å². The molecule has 1 fully saturated rings. The predicted octanol–water partition coefficient (Wildman–Crippen LogP) is 3.59. The van der Waals surface area contributed by atoms with Crippen molar-refractivity contribution in [3.05, 3.63) is 35.0 Å². The molecule has 0 saturated carbocycles. The third-order valence-corrected chi connectivity index (χ3v) is 5.05. The first-order chi connectivity index (χ1) is 9.72. The van der Waals surface area contributed by atoms with Crippen molar-refractivity contribution in [3.63, 3.8) is 0 Å². The number of fused-ring (bicyclic) bond motifs is 1. The van der Waals surface area contributed by atoms with E-state index in [1.54, 1.807) is 5.56 Å². The van der Waals surface area contributed by atoms with Gasteiger partial charge in [-0.3, -0.25) is 0 Å². The largest absolute Gasteiger partial charge is 0.347 e. The Hall–Kier alpha value is -1.28. The molecule has 1 aromatic carbocycles. The van der Waals surface area contributed by atoms with Crippen LogP contribution in [-0.4, -0.2) is 17.7 Å². The number of nitrogens with one attached hydrogen (secondary N) is 1. The number of aryl methyl sites for hydroxylation is 2. The third kappa shape index (κ3) is 2.26. The molecule has 2 heterocycles. The van der Waals surface area contributed by atoms with Gasteiger partial charge in [-0.15, -0.1) is 0 Å². The lowest BCUT2D eigenvalue weighted by atomic mass is 9.89. The Morgan fingerprint density at radius 2 is 2.00 bits per heavy atom. The van der Waals surface area contributed by atoms with E-state index in [0.29, 0.717) is 0 Å². The number of para-hydroxylation sites is 1. The van der Waals surface area contributed by atoms with E-state index in [4.69, 9.17) is 0 Å². The first-order valence-electron chi connectivity index (χ1n) is 7.98. The van der Waals surface area contributed by atoms with Crippen LogP contribution in [-0.2, 0) is 19.9 Å². The summed E-state index contributed by atoms with van der Waals surface area (Å²) in [5, 5.41) is 4.96. The minimum Gasteiger partial charge on any atom is -0.347 e. The first kappa shape index (κ1) is 13.7. The van der Waals surface area contributed by atoms with E-state index in [1.807, 2.05) is 0 Å². The lowest BCUT2D eigenvalue weighted by Crippen LogP contribution is -2.28. The van der Waals surface area contributed by atoms with Crippen molar-refractivity contribution in [1.29, 1.82) is 0 Å². The van der Waals surface area contributed by atoms with Crippen LogP contribution in [0.3, 0.4) is 0 Å². The Morgan fingerprint density at radius 3 is 2.70 bits per heavy atom. The van der Waals surface area contributed by atoms with Crippen molar-refractivity contribution in [2.24, 2.45) is 13.0 Å². The lowest BCUT2D eigenvalue weighted by molar-refractivity contribution is 0.373. The van der Waals surface area contributed by atoms with E-state index >= 15 is 0 Å². The van der Waals surface area contributed by atoms with Gasteiger partial charge >= 0.3 is 0 Å². The average molecular weight is 270 g/mol. The molecular formula is C18H26N2. The molecule has 0 spiro atoms. The molecule has 1 saturated heterocycles. The zero-order chi connectivity index (χ0) is 14.1. The van der Waals surface area contributed by atoms with Gasteiger partial charge in [0.05, 0.1) is 5.52 Å². The van der Waals surface area contributed by atoms with Gasteiger partial charge in [0.1, 0.15) is 0 Å². The Bertz CT molecular complexity index is 603. The average Bonchev–Trinajstić information content (AvgIpc) is 2.73. The maximum absolute atomic E-state index is 3.47. The number of aromatic nitrogens is 1. The summed E-state index contributed by atoms with van der Waals surface area (Å²) in [5.74, 6) is 0.853. The van der Waals surface area contributed by atoms with Gasteiger partial charge in [-0.05, 0) is 62.7 Å². The molecule has 2 heteroatoms. The molecule has 0 amide bonds. The fourth-order valence-electron chi connectivity index (χ4n) is 3.71. The standard InChI is InChI=1S/C18H26N2/c1-4-15-6-5-7-16-17(13(2)20(3)18(15)16)12-14-8-10-19-11-9-14/h5-7,14,19H,4,8-12H2,1-3H3. The van der Waals surface area contributed by atoms with Crippen LogP contribution in [0, 0.1) is 12.8 Å². The molecular weight excluding hydrogens is 244 g/mol. The van der Waals surface area contributed by atoms with Crippen molar-refractivity contribution < 1.29 is 0 Å². The molecule has 0 aliphatic carbocycles. The molecule has 0 bridgehead atoms. The molecule has 1 aromatic heterocycles. The number of hydrogen-bond donors (Lipinski definition) is 1. The highest BCUT2D eigenvalue weighted by atomic mass is 14.9. The first-order valence-corrected chi connectivity index (χ1v) is 7.98. The molecule has 0 atom stereocenters. The summed E-state index contributed by atoms with van der Waals surface area (Å²) in [6.45, 7) is 6.92. The minimum absolute atomic E-state index is 0.853. The summed E-state index contributed by atoms with van der Waals surface area (Å²) in [7, 11) is 2.22. The second-order valence-corrected chi connectivity index (χ2v) is 6.19. The van der Waals surface area contributed by atoms with Gasteiger partial charge in [0.25, 0.3) is 0 Å². The van der Waals surface area contributed by atoms with Gasteiger partial charge in [0, 0.05) is 18.1 Å². The molecule has 3 rings (SSSR count). The van der Waals surface area contributed by atoms with Crippen LogP contribution >= 0.6 is 0 Å². The molecule has 108 valence electrons. The van der Waals surface area contributed by atoms with Crippen molar-refractivity contribution >= 4 is 10.9 Å². The van der Waals surface area contributed by atoms with Crippen LogP contribution in [0.25, 0.3) is 10.9 Å². The van der Waals surface area contributed by atoms with Gasteiger partial charge in [0.15, 0.2) is 0 Å². The molecule has 2 nitrogen and oxygen atoms in total. The predicted molar refractivity (Wildman–Crippen MR) is 86.3 cm³/mol. The third-order valence-electron chi connectivity index (χ3n) is 5.05. The van der Waals surface area contributed by atoms with Crippen molar-refractivity contribution in [2.75, 3.05) is 13.1 Å². The van der Waals surface area contributed by atoms with Gasteiger partial charge in [-0.2, -0.15) is 0 Å². The van der Waals surface area contributed by atoms with Gasteiger partial charge in [-0.1, -0.05) is 25.1 Å². The van der Waals surface area contributed by atoms with Crippen LogP contribution in [0.15, 0.2) is 18.2 Å². The second kappa shape index (κ2) is 5.61. The number of piperidine rings is 1. The Balaban J connectivity index is 2.04. The topological polar surface area (TPSA) is 17.0 Å². The Morgan fingerprint density at radius 1 is 1.25 bits per heavy atom. The van der Waals surface area contributed by atoms with Crippen LogP contribution in [0.5, 0.6) is 0 Å². The zero-order valence-electron chi connectivity index (χ0n) is 13.0. The molecule has 1 aliphatic rings. The van der Waals surface area contributed by atoms with Crippen molar-refractivity contribution in [3.8, 4) is 0 Å². The lowest BCUT2D eigenvalue weighted by Gasteiger charge is -2.22. The minimum atomic E-state index is 0.853. The highest BCUT2D eigenvalue weighted by molar-refractivity contribution is 5.88. The van der Waals surface area contributed by atoms with Gasteiger partial charge in [0.2, 0.25) is 0 Å². The maximum Gasteiger partial charge on any atom is 0.0515 e. The molecule has 2 aromatic rings. The Kier molecular flexibility index (Phi) is 3.84. The second-order valence-electron chi connectivity index (χ2n) is 6.19. The maximum atomic E-state index is 3.47. The molecule has 0 unspecified atom stereocenters. The van der Waals surface area contributed by atoms with Gasteiger partial charge < -0.3 is 9.88 Å². The van der Waals surface area contributed by atoms with E-state index in [2.05, 4.69) is 49.0 Å². The summed E-state index contributed by atoms with van der Waals surface area (Å²) in [4.78, 5) is 0. The van der Waals surface area contributed by atoms with E-state index in [0.717, 1.165) is 12.3 Å². The summed E-state index contributed by atoms with van der Waals surface area (Å²) in [5.41, 5.74) is 5.98. The van der Waals surface area contributed by atoms with Crippen LogP contribution < -0.4 is 5.32 Å². The fourth-order valence-corrected chi connectivity index (χ4v) is 3.71. The van der Waals surface area contributed by atoms with Crippen LogP contribution in [0.2, 0.25) is 0 Å². The molecule has 1 aliphatic heterocycles. The van der Waals surface area contributed by atoms with E-state index in [1.165, 1.54) is 54.5 Å². The summed E-state index contributed by atoms with van der Waals surface area (Å²) < 4.78 is 2.41. The van der Waals surface area contributed by atoms with E-state index in [-0.39, 0.29) is 0 Å². The number of nitrogens with zero attached hydrogens (tertiary/aromatic N) is 1. The Labute approximate surface area is 122 Å². The van der Waals surface area contributed by atoms with Crippen molar-refractivity contribution in [2.45, 2.75) is 39.5 Å². The number of rotatable bonds is 3. The highest BCUT2D eigenvalue weighted by Gasteiger charge is 2.19. The SMILES string of the molecule is CCc1cccc2c(CC3CCNCC3)c(C)n(C)c12. The molecule has 0 radical (unpaired) electrons. The summed E-state index contributed by atoms with van der Waals surface area (Å²) >= 11 is 0. The van der Waals surface area contributed by atoms with Gasteiger partial charge in [-0.25, -0.2) is 0 Å². The summed E-state index contributed by atoms with van der Waals surface area (Å²) in [6.07, 6.45) is 5.01. The van der Waals surface area contributed by atoms with Crippen LogP contribution in [0.4, 0.5) is 0 Å². The number of benzene rings is 1. The zero-order valence-corrected chi connectivity index (χ0v) is 13.0. The molecule has 1 N–H and O–H groups in total. The molecule has 20 heavy (non-hydrogen) atoms. The fraction of sp³-hybridized carbons (Fsp3) is 0.556. The normalized spacial score (nSPS) is 16.9.